The lowest BCUT2D eigenvalue weighted by Gasteiger charge is -2.08. The van der Waals surface area contributed by atoms with Crippen molar-refractivity contribution in [2.75, 3.05) is 14.2 Å². The molecule has 0 unspecified atom stereocenters. The second-order valence-corrected chi connectivity index (χ2v) is 5.90. The highest BCUT2D eigenvalue weighted by Gasteiger charge is 2.12. The Bertz CT molecular complexity index is 732. The van der Waals surface area contributed by atoms with Gasteiger partial charge in [0, 0.05) is 17.8 Å². The second-order valence-electron chi connectivity index (χ2n) is 4.26. The molecule has 0 amide bonds. The molecule has 0 aliphatic rings. The van der Waals surface area contributed by atoms with Crippen LogP contribution in [0.1, 0.15) is 5.56 Å². The van der Waals surface area contributed by atoms with Crippen molar-refractivity contribution in [3.63, 3.8) is 0 Å². The number of aromatic hydroxyl groups is 2. The molecule has 2 aromatic carbocycles. The van der Waals surface area contributed by atoms with E-state index in [1.165, 1.54) is 6.21 Å². The van der Waals surface area contributed by atoms with Crippen molar-refractivity contribution in [2.24, 2.45) is 4.99 Å². The molecule has 0 radical (unpaired) electrons. The zero-order valence-electron chi connectivity index (χ0n) is 11.8. The van der Waals surface area contributed by atoms with Crippen LogP contribution in [0.25, 0.3) is 0 Å². The zero-order chi connectivity index (χ0) is 16.3. The van der Waals surface area contributed by atoms with E-state index in [9.17, 15) is 10.2 Å². The Morgan fingerprint density at radius 3 is 2.32 bits per heavy atom. The molecule has 0 aromatic heterocycles. The lowest BCUT2D eigenvalue weighted by molar-refractivity contribution is 0.355. The van der Waals surface area contributed by atoms with E-state index in [4.69, 9.17) is 9.47 Å². The summed E-state index contributed by atoms with van der Waals surface area (Å²) in [6, 6.07) is 6.80. The number of phenols is 2. The van der Waals surface area contributed by atoms with Crippen LogP contribution in [0.15, 0.2) is 38.2 Å². The first-order valence-electron chi connectivity index (χ1n) is 6.14. The summed E-state index contributed by atoms with van der Waals surface area (Å²) in [6.07, 6.45) is 1.49. The minimum atomic E-state index is -0.0927. The fourth-order valence-electron chi connectivity index (χ4n) is 1.76. The van der Waals surface area contributed by atoms with Crippen molar-refractivity contribution < 1.29 is 19.7 Å². The molecule has 0 spiro atoms. The first kappa shape index (κ1) is 16.6. The number of ether oxygens (including phenoxy) is 2. The smallest absolute Gasteiger partial charge is 0.162 e. The van der Waals surface area contributed by atoms with Gasteiger partial charge in [-0.05, 0) is 50.1 Å². The van der Waals surface area contributed by atoms with E-state index in [1.807, 2.05) is 0 Å². The number of halogens is 2. The number of rotatable bonds is 4. The van der Waals surface area contributed by atoms with Crippen LogP contribution in [0.5, 0.6) is 23.0 Å². The first-order valence-corrected chi connectivity index (χ1v) is 7.72. The Morgan fingerprint density at radius 1 is 1.00 bits per heavy atom. The standard InChI is InChI=1S/C15H13Br2NO4/c1-21-11-4-3-9(6-12(11)22-2)18-7-8-5-10(16)15(20)13(17)14(8)19/h3-7,19-20H,1-2H3. The maximum atomic E-state index is 10.0. The maximum Gasteiger partial charge on any atom is 0.162 e. The van der Waals surface area contributed by atoms with Gasteiger partial charge in [0.05, 0.1) is 24.4 Å². The van der Waals surface area contributed by atoms with Gasteiger partial charge in [0.25, 0.3) is 0 Å². The van der Waals surface area contributed by atoms with Gasteiger partial charge in [-0.15, -0.1) is 0 Å². The highest BCUT2D eigenvalue weighted by atomic mass is 79.9. The van der Waals surface area contributed by atoms with E-state index < -0.39 is 0 Å². The number of phenolic OH excluding ortho intramolecular Hbond substituents is 2. The third kappa shape index (κ3) is 3.36. The minimum absolute atomic E-state index is 0.0687. The molecule has 0 aliphatic carbocycles. The molecule has 0 heterocycles. The quantitative estimate of drug-likeness (QED) is 0.705. The van der Waals surface area contributed by atoms with Gasteiger partial charge in [0.2, 0.25) is 0 Å². The molecule has 116 valence electrons. The molecule has 0 aliphatic heterocycles. The van der Waals surface area contributed by atoms with Crippen LogP contribution in [0, 0.1) is 0 Å². The molecular weight excluding hydrogens is 418 g/mol. The number of benzene rings is 2. The predicted molar refractivity (Wildman–Crippen MR) is 92.0 cm³/mol. The van der Waals surface area contributed by atoms with E-state index in [0.29, 0.717) is 27.2 Å². The molecule has 2 aromatic rings. The fraction of sp³-hybridized carbons (Fsp3) is 0.133. The van der Waals surface area contributed by atoms with Crippen LogP contribution >= 0.6 is 31.9 Å². The number of hydrogen-bond donors (Lipinski definition) is 2. The molecule has 0 fully saturated rings. The van der Waals surface area contributed by atoms with Crippen LogP contribution in [0.3, 0.4) is 0 Å². The van der Waals surface area contributed by atoms with Gasteiger partial charge in [-0.25, -0.2) is 0 Å². The minimum Gasteiger partial charge on any atom is -0.506 e. The number of aliphatic imine (C=N–C) groups is 1. The maximum absolute atomic E-state index is 10.0. The van der Waals surface area contributed by atoms with Gasteiger partial charge in [-0.3, -0.25) is 4.99 Å². The molecule has 2 rings (SSSR count). The van der Waals surface area contributed by atoms with E-state index >= 15 is 0 Å². The van der Waals surface area contributed by atoms with Crippen molar-refractivity contribution in [1.82, 2.24) is 0 Å². The van der Waals surface area contributed by atoms with Crippen LogP contribution in [0.2, 0.25) is 0 Å². The molecule has 7 heteroatoms. The monoisotopic (exact) mass is 429 g/mol. The Kier molecular flexibility index (Phi) is 5.31. The number of hydrogen-bond acceptors (Lipinski definition) is 5. The molecule has 0 bridgehead atoms. The van der Waals surface area contributed by atoms with Gasteiger partial charge in [-0.2, -0.15) is 0 Å². The second kappa shape index (κ2) is 7.02. The summed E-state index contributed by atoms with van der Waals surface area (Å²) in [7, 11) is 3.11. The summed E-state index contributed by atoms with van der Waals surface area (Å²) in [5.41, 5.74) is 1.09. The Hall–Kier alpha value is -1.73. The first-order chi connectivity index (χ1) is 10.5. The van der Waals surface area contributed by atoms with Crippen molar-refractivity contribution in [3.05, 3.63) is 38.8 Å². The van der Waals surface area contributed by atoms with Gasteiger partial charge < -0.3 is 19.7 Å². The molecule has 5 nitrogen and oxygen atoms in total. The Labute approximate surface area is 144 Å². The zero-order valence-corrected chi connectivity index (χ0v) is 15.0. The van der Waals surface area contributed by atoms with Gasteiger partial charge >= 0.3 is 0 Å². The lowest BCUT2D eigenvalue weighted by atomic mass is 10.2. The van der Waals surface area contributed by atoms with Gasteiger partial charge in [0.15, 0.2) is 11.5 Å². The third-order valence-corrected chi connectivity index (χ3v) is 4.27. The van der Waals surface area contributed by atoms with Crippen LogP contribution < -0.4 is 9.47 Å². The topological polar surface area (TPSA) is 71.3 Å². The molecular formula is C15H13Br2NO4. The summed E-state index contributed by atoms with van der Waals surface area (Å²) in [5.74, 6) is 1.01. The number of nitrogens with zero attached hydrogens (tertiary/aromatic N) is 1. The Balaban J connectivity index is 2.37. The molecule has 0 saturated heterocycles. The molecule has 0 saturated carbocycles. The van der Waals surface area contributed by atoms with Crippen LogP contribution in [-0.2, 0) is 0 Å². The average molecular weight is 431 g/mol. The number of methoxy groups -OCH3 is 2. The van der Waals surface area contributed by atoms with Gasteiger partial charge in [0.1, 0.15) is 16.0 Å². The Morgan fingerprint density at radius 2 is 1.68 bits per heavy atom. The summed E-state index contributed by atoms with van der Waals surface area (Å²) in [5, 5.41) is 19.7. The largest absolute Gasteiger partial charge is 0.506 e. The molecule has 0 atom stereocenters. The normalized spacial score (nSPS) is 10.9. The van der Waals surface area contributed by atoms with Crippen LogP contribution in [0.4, 0.5) is 5.69 Å². The summed E-state index contributed by atoms with van der Waals surface area (Å²) in [4.78, 5) is 4.29. The lowest BCUT2D eigenvalue weighted by Crippen LogP contribution is -1.89. The van der Waals surface area contributed by atoms with E-state index in [1.54, 1.807) is 38.5 Å². The fourth-order valence-corrected chi connectivity index (χ4v) is 2.92. The van der Waals surface area contributed by atoms with Crippen molar-refractivity contribution in [3.8, 4) is 23.0 Å². The highest BCUT2D eigenvalue weighted by molar-refractivity contribution is 9.11. The van der Waals surface area contributed by atoms with Crippen molar-refractivity contribution in [1.29, 1.82) is 0 Å². The third-order valence-electron chi connectivity index (χ3n) is 2.92. The van der Waals surface area contributed by atoms with E-state index in [2.05, 4.69) is 36.9 Å². The highest BCUT2D eigenvalue weighted by Crippen LogP contribution is 2.41. The SMILES string of the molecule is COc1ccc(N=Cc2cc(Br)c(O)c(Br)c2O)cc1OC. The summed E-state index contributed by atoms with van der Waals surface area (Å²) in [6.45, 7) is 0. The van der Waals surface area contributed by atoms with E-state index in [-0.39, 0.29) is 16.0 Å². The van der Waals surface area contributed by atoms with Crippen molar-refractivity contribution in [2.45, 2.75) is 0 Å². The molecule has 2 N–H and O–H groups in total. The predicted octanol–water partition coefficient (Wildman–Crippen LogP) is 4.39. The average Bonchev–Trinajstić information content (AvgIpc) is 2.54. The van der Waals surface area contributed by atoms with Crippen molar-refractivity contribution >= 4 is 43.8 Å². The summed E-state index contributed by atoms with van der Waals surface area (Å²) >= 11 is 6.33. The molecule has 22 heavy (non-hydrogen) atoms. The van der Waals surface area contributed by atoms with Crippen LogP contribution in [-0.4, -0.2) is 30.6 Å². The van der Waals surface area contributed by atoms with E-state index in [0.717, 1.165) is 0 Å². The van der Waals surface area contributed by atoms with Gasteiger partial charge in [-0.1, -0.05) is 0 Å². The summed E-state index contributed by atoms with van der Waals surface area (Å²) < 4.78 is 11.0.